The van der Waals surface area contributed by atoms with Crippen molar-refractivity contribution in [2.24, 2.45) is 5.92 Å². The summed E-state index contributed by atoms with van der Waals surface area (Å²) >= 11 is 0. The highest BCUT2D eigenvalue weighted by Gasteiger charge is 2.39. The lowest BCUT2D eigenvalue weighted by Gasteiger charge is -2.36. The van der Waals surface area contributed by atoms with Crippen molar-refractivity contribution in [2.75, 3.05) is 6.54 Å². The summed E-state index contributed by atoms with van der Waals surface area (Å²) in [7, 11) is 0. The third-order valence-electron chi connectivity index (χ3n) is 8.70. The van der Waals surface area contributed by atoms with Crippen LogP contribution in [0.5, 0.6) is 0 Å². The van der Waals surface area contributed by atoms with E-state index in [9.17, 15) is 15.0 Å². The molecule has 0 bridgehead atoms. The first-order valence-electron chi connectivity index (χ1n) is 14.3. The molecule has 0 aromatic heterocycles. The lowest BCUT2D eigenvalue weighted by atomic mass is 9.81. The maximum Gasteiger partial charge on any atom is 0.315 e. The van der Waals surface area contributed by atoms with Gasteiger partial charge in [0, 0.05) is 12.5 Å². The Kier molecular flexibility index (Phi) is 8.66. The van der Waals surface area contributed by atoms with Crippen molar-refractivity contribution in [1.29, 1.82) is 0 Å². The molecule has 2 aliphatic rings. The first kappa shape index (κ1) is 27.4. The Bertz CT molecular complexity index is 1170. The van der Waals surface area contributed by atoms with Gasteiger partial charge >= 0.3 is 6.03 Å². The minimum Gasteiger partial charge on any atom is -0.391 e. The quantitative estimate of drug-likeness (QED) is 0.276. The van der Waals surface area contributed by atoms with Gasteiger partial charge < -0.3 is 26.2 Å². The van der Waals surface area contributed by atoms with Crippen LogP contribution in [-0.2, 0) is 12.0 Å². The van der Waals surface area contributed by atoms with E-state index in [1.165, 1.54) is 11.1 Å². The molecule has 2 aliphatic carbocycles. The molecule has 0 saturated heterocycles. The molecule has 6 nitrogen and oxygen atoms in total. The zero-order valence-corrected chi connectivity index (χ0v) is 22.7. The number of benzene rings is 3. The Morgan fingerprint density at radius 3 is 2.13 bits per heavy atom. The van der Waals surface area contributed by atoms with Crippen LogP contribution < -0.4 is 16.0 Å². The van der Waals surface area contributed by atoms with E-state index in [1.54, 1.807) is 0 Å². The van der Waals surface area contributed by atoms with Gasteiger partial charge in [0.25, 0.3) is 0 Å². The van der Waals surface area contributed by atoms with Crippen LogP contribution in [-0.4, -0.2) is 41.0 Å². The Hall–Kier alpha value is -3.19. The molecule has 6 heteroatoms. The van der Waals surface area contributed by atoms with Crippen LogP contribution in [0, 0.1) is 5.92 Å². The Labute approximate surface area is 231 Å². The van der Waals surface area contributed by atoms with Gasteiger partial charge in [-0.1, -0.05) is 84.9 Å². The second-order valence-electron chi connectivity index (χ2n) is 11.2. The van der Waals surface area contributed by atoms with Crippen molar-refractivity contribution in [3.63, 3.8) is 0 Å². The summed E-state index contributed by atoms with van der Waals surface area (Å²) in [5, 5.41) is 32.1. The standard InChI is InChI=1S/C33H41N3O3/c1-23(33(39,26-11-4-2-5-12-26)27-13-6-3-7-14-27)35-32(38)36-28-18-16-24(17-19-28)20-21-34-31-29-15-9-8-10-25(29)22-30(31)37/h2-15,23-24,28,30-31,34,37,39H,16-22H2,1H3,(H2,35,36,38)/t23-,24?,28?,30-,31+/m1/s1. The fourth-order valence-electron chi connectivity index (χ4n) is 6.44. The van der Waals surface area contributed by atoms with E-state index < -0.39 is 11.6 Å². The number of rotatable bonds is 9. The molecule has 3 atom stereocenters. The smallest absolute Gasteiger partial charge is 0.315 e. The Balaban J connectivity index is 1.09. The summed E-state index contributed by atoms with van der Waals surface area (Å²) in [6.07, 6.45) is 5.48. The van der Waals surface area contributed by atoms with Gasteiger partial charge in [0.05, 0.1) is 18.2 Å². The van der Waals surface area contributed by atoms with Crippen molar-refractivity contribution >= 4 is 6.03 Å². The molecule has 206 valence electrons. The van der Waals surface area contributed by atoms with Crippen LogP contribution in [0.2, 0.25) is 0 Å². The predicted octanol–water partition coefficient (Wildman–Crippen LogP) is 4.81. The zero-order chi connectivity index (χ0) is 27.2. The number of carbonyl (C=O) groups excluding carboxylic acids is 1. The van der Waals surface area contributed by atoms with E-state index in [0.717, 1.165) is 56.2 Å². The van der Waals surface area contributed by atoms with Crippen molar-refractivity contribution in [2.45, 2.75) is 75.3 Å². The van der Waals surface area contributed by atoms with Gasteiger partial charge in [0.1, 0.15) is 5.60 Å². The van der Waals surface area contributed by atoms with Gasteiger partial charge in [-0.25, -0.2) is 4.79 Å². The van der Waals surface area contributed by atoms with Crippen LogP contribution in [0.15, 0.2) is 84.9 Å². The average molecular weight is 528 g/mol. The summed E-state index contributed by atoms with van der Waals surface area (Å²) < 4.78 is 0. The number of aliphatic hydroxyl groups is 2. The number of hydrogen-bond acceptors (Lipinski definition) is 4. The third kappa shape index (κ3) is 6.19. The van der Waals surface area contributed by atoms with Gasteiger partial charge in [-0.05, 0) is 73.7 Å². The molecule has 5 N–H and O–H groups in total. The lowest BCUT2D eigenvalue weighted by molar-refractivity contribution is 0.0470. The summed E-state index contributed by atoms with van der Waals surface area (Å²) in [5.74, 6) is 0.618. The third-order valence-corrected chi connectivity index (χ3v) is 8.70. The predicted molar refractivity (Wildman–Crippen MR) is 154 cm³/mol. The number of amides is 2. The van der Waals surface area contributed by atoms with Gasteiger partial charge in [-0.3, -0.25) is 0 Å². The molecular weight excluding hydrogens is 486 g/mol. The molecule has 0 heterocycles. The normalized spacial score (nSPS) is 23.6. The molecule has 5 rings (SSSR count). The minimum atomic E-state index is -1.35. The number of aliphatic hydroxyl groups excluding tert-OH is 1. The highest BCUT2D eigenvalue weighted by molar-refractivity contribution is 5.75. The van der Waals surface area contributed by atoms with Crippen molar-refractivity contribution in [3.8, 4) is 0 Å². The SMILES string of the molecule is C[C@@H](NC(=O)NC1CCC(CCN[C@H]2c3ccccc3C[C@H]2O)CC1)C(O)(c1ccccc1)c1ccccc1. The molecule has 0 aliphatic heterocycles. The molecule has 3 aromatic rings. The van der Waals surface area contributed by atoms with E-state index in [-0.39, 0.29) is 24.2 Å². The van der Waals surface area contributed by atoms with E-state index in [4.69, 9.17) is 0 Å². The Morgan fingerprint density at radius 1 is 0.897 bits per heavy atom. The molecule has 1 fully saturated rings. The van der Waals surface area contributed by atoms with E-state index >= 15 is 0 Å². The van der Waals surface area contributed by atoms with Crippen LogP contribution in [0.1, 0.15) is 67.3 Å². The summed E-state index contributed by atoms with van der Waals surface area (Å²) in [6, 6.07) is 26.7. The summed E-state index contributed by atoms with van der Waals surface area (Å²) in [5.41, 5.74) is 2.61. The van der Waals surface area contributed by atoms with Crippen molar-refractivity contribution in [1.82, 2.24) is 16.0 Å². The largest absolute Gasteiger partial charge is 0.391 e. The fourth-order valence-corrected chi connectivity index (χ4v) is 6.44. The molecular formula is C33H41N3O3. The second kappa shape index (κ2) is 12.3. The van der Waals surface area contributed by atoms with Crippen LogP contribution in [0.4, 0.5) is 4.79 Å². The maximum atomic E-state index is 13.0. The van der Waals surface area contributed by atoms with Gasteiger partial charge in [0.2, 0.25) is 0 Å². The number of urea groups is 1. The topological polar surface area (TPSA) is 93.6 Å². The zero-order valence-electron chi connectivity index (χ0n) is 22.7. The second-order valence-corrected chi connectivity index (χ2v) is 11.2. The number of nitrogens with one attached hydrogen (secondary N) is 3. The van der Waals surface area contributed by atoms with Crippen molar-refractivity contribution in [3.05, 3.63) is 107 Å². The summed E-state index contributed by atoms with van der Waals surface area (Å²) in [6.45, 7) is 2.73. The number of hydrogen-bond donors (Lipinski definition) is 5. The molecule has 0 radical (unpaired) electrons. The van der Waals surface area contributed by atoms with E-state index in [2.05, 4.69) is 28.1 Å². The van der Waals surface area contributed by atoms with Gasteiger partial charge in [-0.15, -0.1) is 0 Å². The lowest BCUT2D eigenvalue weighted by Crippen LogP contribution is -2.54. The average Bonchev–Trinajstić information content (AvgIpc) is 3.29. The maximum absolute atomic E-state index is 13.0. The highest BCUT2D eigenvalue weighted by Crippen LogP contribution is 2.34. The molecule has 0 spiro atoms. The van der Waals surface area contributed by atoms with E-state index in [1.807, 2.05) is 79.7 Å². The van der Waals surface area contributed by atoms with Gasteiger partial charge in [0.15, 0.2) is 0 Å². The van der Waals surface area contributed by atoms with Crippen LogP contribution in [0.3, 0.4) is 0 Å². The van der Waals surface area contributed by atoms with Crippen LogP contribution in [0.25, 0.3) is 0 Å². The summed E-state index contributed by atoms with van der Waals surface area (Å²) in [4.78, 5) is 13.0. The first-order chi connectivity index (χ1) is 18.9. The number of carbonyl (C=O) groups is 1. The molecule has 3 aromatic carbocycles. The molecule has 2 amide bonds. The molecule has 0 unspecified atom stereocenters. The fraction of sp³-hybridized carbons (Fsp3) is 0.424. The minimum absolute atomic E-state index is 0.0234. The molecule has 39 heavy (non-hydrogen) atoms. The molecule has 1 saturated carbocycles. The van der Waals surface area contributed by atoms with Gasteiger partial charge in [-0.2, -0.15) is 0 Å². The van der Waals surface area contributed by atoms with Crippen molar-refractivity contribution < 1.29 is 15.0 Å². The number of fused-ring (bicyclic) bond motifs is 1. The highest BCUT2D eigenvalue weighted by atomic mass is 16.3. The van der Waals surface area contributed by atoms with E-state index in [0.29, 0.717) is 5.92 Å². The Morgan fingerprint density at radius 2 is 1.49 bits per heavy atom. The first-order valence-corrected chi connectivity index (χ1v) is 14.3. The monoisotopic (exact) mass is 527 g/mol. The van der Waals surface area contributed by atoms with Crippen LogP contribution >= 0.6 is 0 Å².